The summed E-state index contributed by atoms with van der Waals surface area (Å²) in [5, 5.41) is 10.8. The van der Waals surface area contributed by atoms with Gasteiger partial charge in [-0.3, -0.25) is 9.79 Å². The normalized spacial score (nSPS) is 12.3. The zero-order chi connectivity index (χ0) is 19.2. The summed E-state index contributed by atoms with van der Waals surface area (Å²) in [6.07, 6.45) is 2.99. The second-order valence-electron chi connectivity index (χ2n) is 7.49. The lowest BCUT2D eigenvalue weighted by Crippen LogP contribution is -2.43. The van der Waals surface area contributed by atoms with E-state index in [9.17, 15) is 4.79 Å². The molecular formula is C20H31N5O. The van der Waals surface area contributed by atoms with Crippen molar-refractivity contribution in [3.8, 4) is 0 Å². The molecule has 26 heavy (non-hydrogen) atoms. The van der Waals surface area contributed by atoms with Crippen LogP contribution in [0.3, 0.4) is 0 Å². The molecule has 0 fully saturated rings. The van der Waals surface area contributed by atoms with Gasteiger partial charge in [0.25, 0.3) is 0 Å². The Hall–Kier alpha value is -2.50. The molecule has 0 aliphatic rings. The van der Waals surface area contributed by atoms with Gasteiger partial charge in [0.1, 0.15) is 0 Å². The summed E-state index contributed by atoms with van der Waals surface area (Å²) in [4.78, 5) is 19.4. The minimum atomic E-state index is -0.364. The standard InChI is InChI=1S/C20H31N5O/c1-14-7-6-8-16-17(14)15(13-25-16)9-10-23-19(21-5)24-12-11-22-18(26)20(2,3)4/h6-8,13,25H,9-12H2,1-5H3,(H,22,26)(H2,21,23,24). The number of aromatic amines is 1. The van der Waals surface area contributed by atoms with Gasteiger partial charge in [0, 0.05) is 49.2 Å². The van der Waals surface area contributed by atoms with Gasteiger partial charge in [-0.25, -0.2) is 0 Å². The van der Waals surface area contributed by atoms with Crippen LogP contribution in [0.1, 0.15) is 31.9 Å². The summed E-state index contributed by atoms with van der Waals surface area (Å²) >= 11 is 0. The van der Waals surface area contributed by atoms with Crippen LogP contribution in [0, 0.1) is 12.3 Å². The second-order valence-corrected chi connectivity index (χ2v) is 7.49. The van der Waals surface area contributed by atoms with E-state index >= 15 is 0 Å². The van der Waals surface area contributed by atoms with Gasteiger partial charge in [0.15, 0.2) is 5.96 Å². The van der Waals surface area contributed by atoms with Crippen LogP contribution >= 0.6 is 0 Å². The number of aromatic nitrogens is 1. The number of rotatable bonds is 6. The maximum atomic E-state index is 11.8. The van der Waals surface area contributed by atoms with Crippen molar-refractivity contribution >= 4 is 22.8 Å². The van der Waals surface area contributed by atoms with Crippen LogP contribution in [0.15, 0.2) is 29.4 Å². The number of hydrogen-bond donors (Lipinski definition) is 4. The molecule has 1 aromatic carbocycles. The Morgan fingerprint density at radius 3 is 2.50 bits per heavy atom. The monoisotopic (exact) mass is 357 g/mol. The smallest absolute Gasteiger partial charge is 0.225 e. The molecule has 1 aromatic heterocycles. The second kappa shape index (κ2) is 8.74. The van der Waals surface area contributed by atoms with E-state index in [1.807, 2.05) is 20.8 Å². The first kappa shape index (κ1) is 19.8. The summed E-state index contributed by atoms with van der Waals surface area (Å²) in [7, 11) is 1.75. The zero-order valence-electron chi connectivity index (χ0n) is 16.5. The number of carbonyl (C=O) groups is 1. The van der Waals surface area contributed by atoms with Gasteiger partial charge in [-0.1, -0.05) is 32.9 Å². The van der Waals surface area contributed by atoms with Crippen LogP contribution in [-0.4, -0.2) is 43.5 Å². The maximum absolute atomic E-state index is 11.8. The quantitative estimate of drug-likeness (QED) is 0.364. The Morgan fingerprint density at radius 1 is 1.12 bits per heavy atom. The van der Waals surface area contributed by atoms with Gasteiger partial charge in [-0.2, -0.15) is 0 Å². The third kappa shape index (κ3) is 5.25. The lowest BCUT2D eigenvalue weighted by molar-refractivity contribution is -0.128. The van der Waals surface area contributed by atoms with E-state index in [4.69, 9.17) is 0 Å². The van der Waals surface area contributed by atoms with Gasteiger partial charge in [-0.05, 0) is 30.5 Å². The number of amides is 1. The van der Waals surface area contributed by atoms with Crippen molar-refractivity contribution in [3.63, 3.8) is 0 Å². The topological polar surface area (TPSA) is 81.3 Å². The van der Waals surface area contributed by atoms with E-state index in [1.165, 1.54) is 22.0 Å². The van der Waals surface area contributed by atoms with Crippen molar-refractivity contribution in [1.29, 1.82) is 0 Å². The fourth-order valence-corrected chi connectivity index (χ4v) is 2.81. The van der Waals surface area contributed by atoms with Gasteiger partial charge in [0.05, 0.1) is 0 Å². The van der Waals surface area contributed by atoms with E-state index in [-0.39, 0.29) is 11.3 Å². The molecule has 0 radical (unpaired) electrons. The highest BCUT2D eigenvalue weighted by atomic mass is 16.2. The molecule has 4 N–H and O–H groups in total. The van der Waals surface area contributed by atoms with E-state index in [0.717, 1.165) is 18.9 Å². The first-order valence-corrected chi connectivity index (χ1v) is 9.11. The number of H-pyrrole nitrogens is 1. The number of guanidine groups is 1. The number of fused-ring (bicyclic) bond motifs is 1. The van der Waals surface area contributed by atoms with Gasteiger partial charge in [-0.15, -0.1) is 0 Å². The summed E-state index contributed by atoms with van der Waals surface area (Å²) in [6, 6.07) is 6.31. The molecule has 0 bridgehead atoms. The summed E-state index contributed by atoms with van der Waals surface area (Å²) < 4.78 is 0. The molecule has 0 spiro atoms. The first-order valence-electron chi connectivity index (χ1n) is 9.11. The number of hydrogen-bond acceptors (Lipinski definition) is 2. The summed E-state index contributed by atoms with van der Waals surface area (Å²) in [6.45, 7) is 9.84. The highest BCUT2D eigenvalue weighted by Crippen LogP contribution is 2.22. The predicted molar refractivity (Wildman–Crippen MR) is 109 cm³/mol. The highest BCUT2D eigenvalue weighted by molar-refractivity contribution is 5.86. The first-order chi connectivity index (χ1) is 12.3. The van der Waals surface area contributed by atoms with Gasteiger partial charge in [0.2, 0.25) is 5.91 Å². The Morgan fingerprint density at radius 2 is 1.81 bits per heavy atom. The van der Waals surface area contributed by atoms with Crippen LogP contribution in [0.2, 0.25) is 0 Å². The Balaban J connectivity index is 1.76. The molecule has 0 aliphatic heterocycles. The zero-order valence-corrected chi connectivity index (χ0v) is 16.5. The van der Waals surface area contributed by atoms with Crippen LogP contribution in [0.4, 0.5) is 0 Å². The Labute approximate surface area is 155 Å². The van der Waals surface area contributed by atoms with Crippen molar-refractivity contribution in [2.45, 2.75) is 34.1 Å². The van der Waals surface area contributed by atoms with Crippen LogP contribution in [0.25, 0.3) is 10.9 Å². The number of aliphatic imine (C=N–C) groups is 1. The van der Waals surface area contributed by atoms with E-state index in [0.29, 0.717) is 13.1 Å². The minimum absolute atomic E-state index is 0.0527. The number of nitrogens with one attached hydrogen (secondary N) is 4. The molecule has 142 valence electrons. The third-order valence-corrected chi connectivity index (χ3v) is 4.29. The van der Waals surface area contributed by atoms with Gasteiger partial charge >= 0.3 is 0 Å². The lowest BCUT2D eigenvalue weighted by atomic mass is 9.96. The third-order valence-electron chi connectivity index (χ3n) is 4.29. The molecular weight excluding hydrogens is 326 g/mol. The summed E-state index contributed by atoms with van der Waals surface area (Å²) in [5.41, 5.74) is 3.41. The average Bonchev–Trinajstić information content (AvgIpc) is 3.00. The van der Waals surface area contributed by atoms with E-state index in [1.54, 1.807) is 7.05 Å². The molecule has 6 nitrogen and oxygen atoms in total. The van der Waals surface area contributed by atoms with Crippen molar-refractivity contribution < 1.29 is 4.79 Å². The van der Waals surface area contributed by atoms with Crippen LogP contribution < -0.4 is 16.0 Å². The number of aryl methyl sites for hydroxylation is 1. The van der Waals surface area contributed by atoms with Crippen molar-refractivity contribution in [3.05, 3.63) is 35.5 Å². The molecule has 6 heteroatoms. The van der Waals surface area contributed by atoms with Crippen LogP contribution in [-0.2, 0) is 11.2 Å². The maximum Gasteiger partial charge on any atom is 0.225 e. The molecule has 0 atom stereocenters. The van der Waals surface area contributed by atoms with Crippen molar-refractivity contribution in [1.82, 2.24) is 20.9 Å². The number of nitrogens with zero attached hydrogens (tertiary/aromatic N) is 1. The van der Waals surface area contributed by atoms with E-state index in [2.05, 4.69) is 57.2 Å². The molecule has 0 aliphatic carbocycles. The Kier molecular flexibility index (Phi) is 6.66. The number of benzene rings is 1. The van der Waals surface area contributed by atoms with Crippen molar-refractivity contribution in [2.24, 2.45) is 10.4 Å². The molecule has 2 rings (SSSR count). The molecule has 2 aromatic rings. The average molecular weight is 358 g/mol. The fraction of sp³-hybridized carbons (Fsp3) is 0.500. The predicted octanol–water partition coefficient (Wildman–Crippen LogP) is 2.35. The minimum Gasteiger partial charge on any atom is -0.361 e. The fourth-order valence-electron chi connectivity index (χ4n) is 2.81. The largest absolute Gasteiger partial charge is 0.361 e. The molecule has 0 saturated carbocycles. The lowest BCUT2D eigenvalue weighted by Gasteiger charge is -2.18. The van der Waals surface area contributed by atoms with Gasteiger partial charge < -0.3 is 20.9 Å². The summed E-state index contributed by atoms with van der Waals surface area (Å²) in [5.74, 6) is 0.795. The Bertz CT molecular complexity index is 770. The molecule has 0 saturated heterocycles. The van der Waals surface area contributed by atoms with E-state index < -0.39 is 0 Å². The SMILES string of the molecule is CN=C(NCCNC(=O)C(C)(C)C)NCCc1c[nH]c2cccc(C)c12. The van der Waals surface area contributed by atoms with Crippen LogP contribution in [0.5, 0.6) is 0 Å². The molecule has 1 heterocycles. The molecule has 0 unspecified atom stereocenters. The number of carbonyl (C=O) groups excluding carboxylic acids is 1. The molecule has 1 amide bonds. The highest BCUT2D eigenvalue weighted by Gasteiger charge is 2.20. The van der Waals surface area contributed by atoms with Crippen molar-refractivity contribution in [2.75, 3.05) is 26.7 Å².